The van der Waals surface area contributed by atoms with E-state index < -0.39 is 0 Å². The highest BCUT2D eigenvalue weighted by molar-refractivity contribution is 5.32. The zero-order valence-electron chi connectivity index (χ0n) is 17.3. The zero-order chi connectivity index (χ0) is 19.7. The van der Waals surface area contributed by atoms with E-state index in [1.807, 2.05) is 36.4 Å². The van der Waals surface area contributed by atoms with Gasteiger partial charge in [-0.25, -0.2) is 0 Å². The fourth-order valence-corrected chi connectivity index (χ4v) is 3.11. The highest BCUT2D eigenvalue weighted by Gasteiger charge is 1.99. The Balaban J connectivity index is 0.000000277. The van der Waals surface area contributed by atoms with Crippen LogP contribution in [0.2, 0.25) is 0 Å². The highest BCUT2D eigenvalue weighted by atomic mass is 16.3. The van der Waals surface area contributed by atoms with Crippen molar-refractivity contribution < 1.29 is 10.2 Å². The number of benzene rings is 2. The molecule has 0 aliphatic heterocycles. The Morgan fingerprint density at radius 1 is 0.519 bits per heavy atom. The molecule has 2 N–H and O–H groups in total. The number of hydrogen-bond acceptors (Lipinski definition) is 2. The second-order valence-electron chi connectivity index (χ2n) is 7.23. The number of phenolic OH excluding ortho intramolecular Hbond substituents is 2. The normalized spacial score (nSPS) is 10.3. The number of aromatic hydroxyl groups is 2. The molecule has 2 aromatic rings. The number of unbranched alkanes of at least 4 members (excludes halogenated alkanes) is 7. The van der Waals surface area contributed by atoms with Gasteiger partial charge in [0.25, 0.3) is 0 Å². The van der Waals surface area contributed by atoms with E-state index in [1.54, 1.807) is 12.1 Å². The maximum atomic E-state index is 9.55. The number of rotatable bonds is 11. The number of phenols is 2. The van der Waals surface area contributed by atoms with Gasteiger partial charge in [0.2, 0.25) is 0 Å². The first-order chi connectivity index (χ1) is 13.2. The monoisotopic (exact) mass is 370 g/mol. The summed E-state index contributed by atoms with van der Waals surface area (Å²) >= 11 is 0. The maximum Gasteiger partial charge on any atom is 0.118 e. The molecule has 0 amide bonds. The SMILES string of the molecule is CCCCCCCCc1ccccc1O.CCCCCc1ccccc1O. The molecule has 2 aromatic carbocycles. The lowest BCUT2D eigenvalue weighted by Gasteiger charge is -2.03. The summed E-state index contributed by atoms with van der Waals surface area (Å²) in [6.45, 7) is 4.42. The molecule has 0 saturated carbocycles. The van der Waals surface area contributed by atoms with Crippen LogP contribution in [0.5, 0.6) is 11.5 Å². The average Bonchev–Trinajstić information content (AvgIpc) is 2.68. The average molecular weight is 371 g/mol. The van der Waals surface area contributed by atoms with Crippen LogP contribution in [0, 0.1) is 0 Å². The van der Waals surface area contributed by atoms with Crippen LogP contribution in [0.1, 0.15) is 82.8 Å². The van der Waals surface area contributed by atoms with Gasteiger partial charge in [0.1, 0.15) is 11.5 Å². The van der Waals surface area contributed by atoms with Crippen LogP contribution >= 0.6 is 0 Å². The minimum Gasteiger partial charge on any atom is -0.508 e. The number of para-hydroxylation sites is 2. The summed E-state index contributed by atoms with van der Waals surface area (Å²) in [5, 5.41) is 19.0. The van der Waals surface area contributed by atoms with E-state index in [-0.39, 0.29) is 0 Å². The van der Waals surface area contributed by atoms with Gasteiger partial charge in [-0.3, -0.25) is 0 Å². The zero-order valence-corrected chi connectivity index (χ0v) is 17.3. The third-order valence-corrected chi connectivity index (χ3v) is 4.83. The lowest BCUT2D eigenvalue weighted by molar-refractivity contribution is 0.465. The molecule has 0 saturated heterocycles. The van der Waals surface area contributed by atoms with E-state index in [0.717, 1.165) is 24.0 Å². The first-order valence-corrected chi connectivity index (χ1v) is 10.7. The van der Waals surface area contributed by atoms with Crippen molar-refractivity contribution in [3.63, 3.8) is 0 Å². The summed E-state index contributed by atoms with van der Waals surface area (Å²) in [5.74, 6) is 0.889. The quantitative estimate of drug-likeness (QED) is 0.404. The van der Waals surface area contributed by atoms with Crippen LogP contribution < -0.4 is 0 Å². The van der Waals surface area contributed by atoms with Gasteiger partial charge < -0.3 is 10.2 Å². The van der Waals surface area contributed by atoms with Crippen molar-refractivity contribution in [1.82, 2.24) is 0 Å². The molecule has 0 aliphatic rings. The molecule has 0 fully saturated rings. The third kappa shape index (κ3) is 10.7. The lowest BCUT2D eigenvalue weighted by Crippen LogP contribution is -1.86. The Bertz CT molecular complexity index is 607. The van der Waals surface area contributed by atoms with Crippen LogP contribution in [0.15, 0.2) is 48.5 Å². The second kappa shape index (κ2) is 15.1. The predicted molar refractivity (Wildman–Crippen MR) is 117 cm³/mol. The molecule has 150 valence electrons. The van der Waals surface area contributed by atoms with Crippen LogP contribution in [0.4, 0.5) is 0 Å². The van der Waals surface area contributed by atoms with Gasteiger partial charge in [0.15, 0.2) is 0 Å². The topological polar surface area (TPSA) is 40.5 Å². The van der Waals surface area contributed by atoms with E-state index in [1.165, 1.54) is 57.8 Å². The number of hydrogen-bond donors (Lipinski definition) is 2. The molecule has 0 bridgehead atoms. The largest absolute Gasteiger partial charge is 0.508 e. The molecule has 2 heteroatoms. The Morgan fingerprint density at radius 2 is 0.889 bits per heavy atom. The molecule has 27 heavy (non-hydrogen) atoms. The minimum absolute atomic E-state index is 0.439. The van der Waals surface area contributed by atoms with Gasteiger partial charge in [-0.2, -0.15) is 0 Å². The van der Waals surface area contributed by atoms with Crippen molar-refractivity contribution in [3.05, 3.63) is 59.7 Å². The smallest absolute Gasteiger partial charge is 0.118 e. The Kier molecular flexibility index (Phi) is 12.9. The minimum atomic E-state index is 0.439. The second-order valence-corrected chi connectivity index (χ2v) is 7.23. The summed E-state index contributed by atoms with van der Waals surface area (Å²) in [5.41, 5.74) is 2.17. The van der Waals surface area contributed by atoms with Crippen molar-refractivity contribution in [2.24, 2.45) is 0 Å². The molecule has 2 nitrogen and oxygen atoms in total. The van der Waals surface area contributed by atoms with Gasteiger partial charge in [-0.05, 0) is 48.9 Å². The van der Waals surface area contributed by atoms with Crippen LogP contribution in [0.3, 0.4) is 0 Å². The van der Waals surface area contributed by atoms with Gasteiger partial charge in [0.05, 0.1) is 0 Å². The lowest BCUT2D eigenvalue weighted by atomic mass is 10.0. The molecule has 2 rings (SSSR count). The van der Waals surface area contributed by atoms with E-state index >= 15 is 0 Å². The van der Waals surface area contributed by atoms with Crippen molar-refractivity contribution in [3.8, 4) is 11.5 Å². The van der Waals surface area contributed by atoms with E-state index in [0.29, 0.717) is 11.5 Å². The molecule has 0 aliphatic carbocycles. The molecule has 0 radical (unpaired) electrons. The molecular formula is C25H38O2. The molecule has 0 spiro atoms. The van der Waals surface area contributed by atoms with E-state index in [2.05, 4.69) is 13.8 Å². The first-order valence-electron chi connectivity index (χ1n) is 10.7. The molecule has 0 atom stereocenters. The highest BCUT2D eigenvalue weighted by Crippen LogP contribution is 2.19. The van der Waals surface area contributed by atoms with Crippen molar-refractivity contribution in [2.75, 3.05) is 0 Å². The standard InChI is InChI=1S/C14H22O.C11H16O/c1-2-3-4-5-6-7-10-13-11-8-9-12-14(13)15;1-2-3-4-7-10-8-5-6-9-11(10)12/h8-9,11-12,15H,2-7,10H2,1H3;5-6,8-9,12H,2-4,7H2,1H3. The fraction of sp³-hybridized carbons (Fsp3) is 0.520. The molecule has 0 unspecified atom stereocenters. The van der Waals surface area contributed by atoms with Crippen molar-refractivity contribution in [1.29, 1.82) is 0 Å². The Hall–Kier alpha value is -1.96. The van der Waals surface area contributed by atoms with E-state index in [9.17, 15) is 10.2 Å². The number of aryl methyl sites for hydroxylation is 2. The van der Waals surface area contributed by atoms with Crippen LogP contribution in [-0.4, -0.2) is 10.2 Å². The van der Waals surface area contributed by atoms with Gasteiger partial charge >= 0.3 is 0 Å². The molecule has 0 heterocycles. The fourth-order valence-electron chi connectivity index (χ4n) is 3.11. The third-order valence-electron chi connectivity index (χ3n) is 4.83. The summed E-state index contributed by atoms with van der Waals surface area (Å²) in [6.07, 6.45) is 13.5. The summed E-state index contributed by atoms with van der Waals surface area (Å²) < 4.78 is 0. The summed E-state index contributed by atoms with van der Waals surface area (Å²) in [4.78, 5) is 0. The van der Waals surface area contributed by atoms with Gasteiger partial charge in [-0.1, -0.05) is 95.2 Å². The Morgan fingerprint density at radius 3 is 1.37 bits per heavy atom. The summed E-state index contributed by atoms with van der Waals surface area (Å²) in [7, 11) is 0. The van der Waals surface area contributed by atoms with Crippen molar-refractivity contribution in [2.45, 2.75) is 84.5 Å². The van der Waals surface area contributed by atoms with Crippen molar-refractivity contribution >= 4 is 0 Å². The Labute approximate surface area is 166 Å². The summed E-state index contributed by atoms with van der Waals surface area (Å²) in [6, 6.07) is 15.2. The van der Waals surface area contributed by atoms with Gasteiger partial charge in [0, 0.05) is 0 Å². The molecule has 0 aromatic heterocycles. The maximum absolute atomic E-state index is 9.55. The first kappa shape index (κ1) is 23.1. The van der Waals surface area contributed by atoms with Crippen LogP contribution in [0.25, 0.3) is 0 Å². The predicted octanol–water partition coefficient (Wildman–Crippen LogP) is 7.42. The van der Waals surface area contributed by atoms with Gasteiger partial charge in [-0.15, -0.1) is 0 Å². The van der Waals surface area contributed by atoms with Crippen LogP contribution in [-0.2, 0) is 12.8 Å². The van der Waals surface area contributed by atoms with E-state index in [4.69, 9.17) is 0 Å². The molecular weight excluding hydrogens is 332 g/mol.